The zero-order chi connectivity index (χ0) is 32.1. The van der Waals surface area contributed by atoms with E-state index < -0.39 is 16.5 Å². The van der Waals surface area contributed by atoms with E-state index in [0.717, 1.165) is 33.5 Å². The Kier molecular flexibility index (Phi) is 13.4. The molecule has 5 rings (SSSR count). The Hall–Kier alpha value is -4.22. The monoisotopic (exact) mass is 668 g/mol. The molecule has 3 atom stereocenters. The predicted molar refractivity (Wildman–Crippen MR) is 158 cm³/mol. The summed E-state index contributed by atoms with van der Waals surface area (Å²) >= 11 is 14.0. The maximum absolute atomic E-state index is 8.36. The Balaban J connectivity index is 0.000000592. The first-order valence-corrected chi connectivity index (χ1v) is 14.4. The molecular formula is C26H26Cl2N6O9S. The zero-order valence-electron chi connectivity index (χ0n) is 22.9. The van der Waals surface area contributed by atoms with Crippen molar-refractivity contribution in [1.82, 2.24) is 19.5 Å². The van der Waals surface area contributed by atoms with Gasteiger partial charge in [0.15, 0.2) is 11.4 Å². The third-order valence-electron chi connectivity index (χ3n) is 5.64. The first-order chi connectivity index (χ1) is 21.0. The molecule has 18 heteroatoms. The molecule has 4 aromatic rings. The lowest BCUT2D eigenvalue weighted by molar-refractivity contribution is -0.742. The van der Waals surface area contributed by atoms with Gasteiger partial charge in [0.05, 0.1) is 30.2 Å². The van der Waals surface area contributed by atoms with Crippen LogP contribution in [0, 0.1) is 20.2 Å². The molecule has 2 aromatic heterocycles. The number of nitrogens with zero attached hydrogens (tertiary/aromatic N) is 6. The van der Waals surface area contributed by atoms with E-state index in [2.05, 4.69) is 21.9 Å². The molecule has 1 aliphatic rings. The van der Waals surface area contributed by atoms with Gasteiger partial charge in [-0.25, -0.2) is 15.0 Å². The molecule has 44 heavy (non-hydrogen) atoms. The summed E-state index contributed by atoms with van der Waals surface area (Å²) < 4.78 is 20.6. The fourth-order valence-corrected chi connectivity index (χ4v) is 4.94. The highest BCUT2D eigenvalue weighted by Gasteiger charge is 2.36. The number of hydrogen-bond donors (Lipinski definition) is 2. The average Bonchev–Trinajstić information content (AvgIpc) is 3.66. The molecule has 0 bridgehead atoms. The molecule has 1 unspecified atom stereocenters. The van der Waals surface area contributed by atoms with E-state index in [1.165, 1.54) is 0 Å². The molecule has 0 aliphatic carbocycles. The van der Waals surface area contributed by atoms with Crippen molar-refractivity contribution >= 4 is 35.0 Å². The second kappa shape index (κ2) is 17.2. The van der Waals surface area contributed by atoms with Gasteiger partial charge in [-0.3, -0.25) is 0 Å². The van der Waals surface area contributed by atoms with Crippen molar-refractivity contribution in [2.24, 2.45) is 0 Å². The van der Waals surface area contributed by atoms with E-state index in [9.17, 15) is 0 Å². The zero-order valence-corrected chi connectivity index (χ0v) is 25.2. The summed E-state index contributed by atoms with van der Waals surface area (Å²) in [6.45, 7) is 2.98. The van der Waals surface area contributed by atoms with Crippen LogP contribution in [0.3, 0.4) is 0 Å². The fraction of sp³-hybridized carbons (Fsp3) is 0.269. The van der Waals surface area contributed by atoms with Gasteiger partial charge in [0.1, 0.15) is 18.0 Å². The van der Waals surface area contributed by atoms with Crippen LogP contribution in [-0.2, 0) is 16.0 Å². The molecule has 0 spiro atoms. The van der Waals surface area contributed by atoms with Gasteiger partial charge in [0.2, 0.25) is 0 Å². The van der Waals surface area contributed by atoms with Crippen LogP contribution in [-0.4, -0.2) is 64.7 Å². The molecule has 0 saturated carbocycles. The Bertz CT molecular complexity index is 1480. The predicted octanol–water partition coefficient (Wildman–Crippen LogP) is 5.63. The summed E-state index contributed by atoms with van der Waals surface area (Å²) in [5, 5.41) is 29.1. The van der Waals surface area contributed by atoms with Crippen LogP contribution in [0.5, 0.6) is 5.75 Å². The summed E-state index contributed by atoms with van der Waals surface area (Å²) in [7, 11) is 0. The van der Waals surface area contributed by atoms with Gasteiger partial charge in [-0.1, -0.05) is 48.0 Å². The fourth-order valence-electron chi connectivity index (χ4n) is 3.88. The standard InChI is InChI=1S/C26H24Cl2N4O3S.2HNO3/c1-2-36-26-30-10-9-22(31-26)17-3-6-19(7-4-17)34-23(14-32-12-11-29-16-32)24-15-33-25(35-24)20-8-5-18(27)13-21(20)28;2*2-1(3)4/h3-13,16,23-25H,2,14-15H2,1H3;2*(H,2,3,4)/t23?,24-,25-;;/m0../s1. The summed E-state index contributed by atoms with van der Waals surface area (Å²) in [4.78, 5) is 29.8. The Morgan fingerprint density at radius 3 is 2.43 bits per heavy atom. The van der Waals surface area contributed by atoms with E-state index in [1.807, 2.05) is 47.2 Å². The highest BCUT2D eigenvalue weighted by atomic mass is 35.5. The SMILES string of the molecule is CCSc1nccc(-c2ccc(OC(Cn3ccnc3)[C@@H]3CO[C@H](c4ccc(Cl)cc4Cl)O3)cc2)n1.O=[N+]([O-])O.O=[N+]([O-])O. The van der Waals surface area contributed by atoms with Gasteiger partial charge >= 0.3 is 0 Å². The minimum Gasteiger partial charge on any atom is -0.486 e. The Labute approximate surface area is 264 Å². The maximum atomic E-state index is 8.36. The first kappa shape index (κ1) is 34.3. The number of rotatable bonds is 9. The molecule has 2 aromatic carbocycles. The highest BCUT2D eigenvalue weighted by Crippen LogP contribution is 2.35. The minimum atomic E-state index is -1.50. The van der Waals surface area contributed by atoms with Crippen LogP contribution >= 0.6 is 35.0 Å². The van der Waals surface area contributed by atoms with Gasteiger partial charge < -0.3 is 29.2 Å². The number of hydrogen-bond acceptors (Lipinski definition) is 11. The van der Waals surface area contributed by atoms with E-state index in [0.29, 0.717) is 23.2 Å². The van der Waals surface area contributed by atoms with Crippen LogP contribution in [0.1, 0.15) is 18.8 Å². The quantitative estimate of drug-likeness (QED) is 0.0964. The van der Waals surface area contributed by atoms with Crippen molar-refractivity contribution in [3.05, 3.63) is 109 Å². The van der Waals surface area contributed by atoms with Gasteiger partial charge in [0, 0.05) is 34.7 Å². The smallest absolute Gasteiger partial charge is 0.291 e. The first-order valence-electron chi connectivity index (χ1n) is 12.6. The number of aromatic nitrogens is 4. The normalized spacial score (nSPS) is 16.1. The van der Waals surface area contributed by atoms with Crippen molar-refractivity contribution in [1.29, 1.82) is 0 Å². The third kappa shape index (κ3) is 11.1. The second-order valence-corrected chi connectivity index (χ2v) is 10.7. The van der Waals surface area contributed by atoms with Gasteiger partial charge in [-0.15, -0.1) is 20.2 Å². The lowest BCUT2D eigenvalue weighted by atomic mass is 10.1. The van der Waals surface area contributed by atoms with Crippen molar-refractivity contribution < 1.29 is 34.8 Å². The minimum absolute atomic E-state index is 0.320. The van der Waals surface area contributed by atoms with Crippen LogP contribution in [0.2, 0.25) is 10.0 Å². The van der Waals surface area contributed by atoms with Crippen molar-refractivity contribution in [2.75, 3.05) is 12.4 Å². The molecule has 15 nitrogen and oxygen atoms in total. The van der Waals surface area contributed by atoms with Crippen molar-refractivity contribution in [3.63, 3.8) is 0 Å². The molecule has 1 aliphatic heterocycles. The van der Waals surface area contributed by atoms with E-state index in [1.54, 1.807) is 42.6 Å². The number of thioether (sulfide) groups is 1. The Morgan fingerprint density at radius 2 is 1.82 bits per heavy atom. The summed E-state index contributed by atoms with van der Waals surface area (Å²) in [6.07, 6.45) is 5.93. The molecule has 0 radical (unpaired) electrons. The van der Waals surface area contributed by atoms with Gasteiger partial charge in [-0.2, -0.15) is 0 Å². The number of benzene rings is 2. The van der Waals surface area contributed by atoms with Crippen molar-refractivity contribution in [2.45, 2.75) is 37.1 Å². The van der Waals surface area contributed by atoms with E-state index in [4.69, 9.17) is 68.1 Å². The van der Waals surface area contributed by atoms with Crippen LogP contribution in [0.4, 0.5) is 0 Å². The largest absolute Gasteiger partial charge is 0.486 e. The number of halogens is 2. The summed E-state index contributed by atoms with van der Waals surface area (Å²) in [6, 6.07) is 15.0. The van der Waals surface area contributed by atoms with Gasteiger partial charge in [-0.05, 0) is 48.2 Å². The van der Waals surface area contributed by atoms with E-state index >= 15 is 0 Å². The molecule has 1 fully saturated rings. The number of ether oxygens (including phenoxy) is 3. The van der Waals surface area contributed by atoms with Crippen LogP contribution < -0.4 is 4.74 Å². The molecule has 2 N–H and O–H groups in total. The average molecular weight is 670 g/mol. The molecule has 0 amide bonds. The van der Waals surface area contributed by atoms with Crippen molar-refractivity contribution in [3.8, 4) is 17.0 Å². The van der Waals surface area contributed by atoms with E-state index in [-0.39, 0.29) is 12.2 Å². The maximum Gasteiger partial charge on any atom is 0.291 e. The molecule has 3 heterocycles. The topological polar surface area (TPSA) is 198 Å². The van der Waals surface area contributed by atoms with Crippen LogP contribution in [0.15, 0.2) is 78.6 Å². The Morgan fingerprint density at radius 1 is 1.11 bits per heavy atom. The second-order valence-electron chi connectivity index (χ2n) is 8.58. The number of imidazole rings is 1. The van der Waals surface area contributed by atoms with Gasteiger partial charge in [0.25, 0.3) is 10.2 Å². The third-order valence-corrected chi connectivity index (χ3v) is 6.94. The molecule has 234 valence electrons. The molecule has 1 saturated heterocycles. The highest BCUT2D eigenvalue weighted by molar-refractivity contribution is 7.99. The lowest BCUT2D eigenvalue weighted by Crippen LogP contribution is -2.37. The van der Waals surface area contributed by atoms with Crippen LogP contribution in [0.25, 0.3) is 11.3 Å². The summed E-state index contributed by atoms with van der Waals surface area (Å²) in [5.74, 6) is 1.64. The lowest BCUT2D eigenvalue weighted by Gasteiger charge is -2.24. The summed E-state index contributed by atoms with van der Waals surface area (Å²) in [5.41, 5.74) is 2.60. The molecular weight excluding hydrogens is 643 g/mol.